The minimum Gasteiger partial charge on any atom is -0.370 e. The molecular weight excluding hydrogens is 353 g/mol. The highest BCUT2D eigenvalue weighted by molar-refractivity contribution is 14.0. The van der Waals surface area contributed by atoms with E-state index in [0.717, 1.165) is 23.9 Å². The number of rotatable bonds is 4. The molecule has 0 atom stereocenters. The molecule has 3 N–H and O–H groups in total. The Balaban J connectivity index is 0.00000180. The van der Waals surface area contributed by atoms with E-state index in [9.17, 15) is 0 Å². The molecule has 2 rings (SSSR count). The van der Waals surface area contributed by atoms with E-state index in [0.29, 0.717) is 12.5 Å². The summed E-state index contributed by atoms with van der Waals surface area (Å²) in [6, 6.07) is 0. The van der Waals surface area contributed by atoms with Gasteiger partial charge in [0.1, 0.15) is 0 Å². The summed E-state index contributed by atoms with van der Waals surface area (Å²) in [6.07, 6.45) is 4.00. The first-order valence-corrected chi connectivity index (χ1v) is 6.60. The summed E-state index contributed by atoms with van der Waals surface area (Å²) in [6.45, 7) is 5.63. The molecule has 1 aliphatic rings. The van der Waals surface area contributed by atoms with Crippen molar-refractivity contribution in [2.45, 2.75) is 39.7 Å². The molecule has 0 unspecified atom stereocenters. The van der Waals surface area contributed by atoms with Crippen molar-refractivity contribution in [3.63, 3.8) is 0 Å². The van der Waals surface area contributed by atoms with E-state index in [1.54, 1.807) is 0 Å². The van der Waals surface area contributed by atoms with Gasteiger partial charge in [-0.2, -0.15) is 5.10 Å². The van der Waals surface area contributed by atoms with Crippen molar-refractivity contribution >= 4 is 29.9 Å². The van der Waals surface area contributed by atoms with Gasteiger partial charge < -0.3 is 11.1 Å². The number of nitrogens with two attached hydrogens (primary N) is 1. The summed E-state index contributed by atoms with van der Waals surface area (Å²) in [7, 11) is 1.95. The molecule has 5 nitrogen and oxygen atoms in total. The van der Waals surface area contributed by atoms with Gasteiger partial charge in [0.05, 0.1) is 12.2 Å². The lowest BCUT2D eigenvalue weighted by Gasteiger charge is -2.25. The van der Waals surface area contributed by atoms with E-state index < -0.39 is 0 Å². The van der Waals surface area contributed by atoms with E-state index in [2.05, 4.69) is 22.3 Å². The van der Waals surface area contributed by atoms with Gasteiger partial charge in [-0.1, -0.05) is 6.42 Å². The van der Waals surface area contributed by atoms with E-state index in [1.165, 1.54) is 24.8 Å². The zero-order chi connectivity index (χ0) is 13.1. The number of nitrogens with zero attached hydrogens (tertiary/aromatic N) is 3. The average Bonchev–Trinajstić information content (AvgIpc) is 2.49. The Bertz CT molecular complexity index is 448. The van der Waals surface area contributed by atoms with Crippen LogP contribution in [0.4, 0.5) is 0 Å². The fraction of sp³-hybridized carbons (Fsp3) is 0.692. The van der Waals surface area contributed by atoms with Crippen molar-refractivity contribution < 1.29 is 0 Å². The highest BCUT2D eigenvalue weighted by Crippen LogP contribution is 2.25. The van der Waals surface area contributed by atoms with Crippen LogP contribution in [0.15, 0.2) is 4.99 Å². The first kappa shape index (κ1) is 16.3. The SMILES string of the molecule is Cc1nn(C)c(C)c1CN=C(N)NCC1CCC1.I. The number of halogens is 1. The zero-order valence-electron chi connectivity index (χ0n) is 11.9. The molecule has 1 fully saturated rings. The number of aliphatic imine (C=N–C) groups is 1. The second-order valence-electron chi connectivity index (χ2n) is 5.15. The summed E-state index contributed by atoms with van der Waals surface area (Å²) >= 11 is 0. The summed E-state index contributed by atoms with van der Waals surface area (Å²) in [5.41, 5.74) is 9.23. The second-order valence-corrected chi connectivity index (χ2v) is 5.15. The van der Waals surface area contributed by atoms with Crippen molar-refractivity contribution in [2.24, 2.45) is 23.7 Å². The predicted molar refractivity (Wildman–Crippen MR) is 88.8 cm³/mol. The lowest BCUT2D eigenvalue weighted by Crippen LogP contribution is -2.37. The third kappa shape index (κ3) is 4.09. The standard InChI is InChI=1S/C13H23N5.HI/c1-9-12(10(2)18(3)17-9)8-16-13(14)15-7-11-5-4-6-11;/h11H,4-8H2,1-3H3,(H3,14,15,16);1H. The Morgan fingerprint density at radius 3 is 2.63 bits per heavy atom. The van der Waals surface area contributed by atoms with E-state index in [1.807, 2.05) is 18.7 Å². The van der Waals surface area contributed by atoms with Gasteiger partial charge in [0.2, 0.25) is 0 Å². The quantitative estimate of drug-likeness (QED) is 0.478. The van der Waals surface area contributed by atoms with Gasteiger partial charge in [0.15, 0.2) is 5.96 Å². The van der Waals surface area contributed by atoms with Crippen LogP contribution in [-0.4, -0.2) is 22.3 Å². The maximum Gasteiger partial charge on any atom is 0.188 e. The highest BCUT2D eigenvalue weighted by Gasteiger charge is 2.16. The molecule has 0 aromatic carbocycles. The van der Waals surface area contributed by atoms with Crippen LogP contribution in [0.25, 0.3) is 0 Å². The molecule has 1 aromatic rings. The van der Waals surface area contributed by atoms with Gasteiger partial charge in [0, 0.05) is 24.8 Å². The lowest BCUT2D eigenvalue weighted by molar-refractivity contribution is 0.315. The molecular formula is C13H24IN5. The molecule has 1 aromatic heterocycles. The summed E-state index contributed by atoms with van der Waals surface area (Å²) in [5.74, 6) is 1.34. The lowest BCUT2D eigenvalue weighted by atomic mass is 9.85. The Labute approximate surface area is 132 Å². The summed E-state index contributed by atoms with van der Waals surface area (Å²) < 4.78 is 1.89. The van der Waals surface area contributed by atoms with Crippen molar-refractivity contribution in [1.29, 1.82) is 0 Å². The third-order valence-electron chi connectivity index (χ3n) is 3.86. The molecule has 6 heteroatoms. The Kier molecular flexibility index (Phi) is 6.09. The first-order valence-electron chi connectivity index (χ1n) is 6.60. The molecule has 0 spiro atoms. The van der Waals surface area contributed by atoms with Crippen LogP contribution in [0.5, 0.6) is 0 Å². The van der Waals surface area contributed by atoms with Gasteiger partial charge in [0.25, 0.3) is 0 Å². The van der Waals surface area contributed by atoms with Gasteiger partial charge in [-0.05, 0) is 32.6 Å². The molecule has 0 bridgehead atoms. The normalized spacial score (nSPS) is 15.8. The number of hydrogen-bond acceptors (Lipinski definition) is 2. The van der Waals surface area contributed by atoms with Crippen molar-refractivity contribution in [2.75, 3.05) is 6.54 Å². The monoisotopic (exact) mass is 377 g/mol. The molecule has 0 aliphatic heterocycles. The second kappa shape index (κ2) is 7.12. The molecule has 1 heterocycles. The number of aryl methyl sites for hydroxylation is 2. The summed E-state index contributed by atoms with van der Waals surface area (Å²) in [4.78, 5) is 4.39. The number of aromatic nitrogens is 2. The fourth-order valence-electron chi connectivity index (χ4n) is 2.21. The van der Waals surface area contributed by atoms with Gasteiger partial charge in [-0.15, -0.1) is 24.0 Å². The average molecular weight is 377 g/mol. The largest absolute Gasteiger partial charge is 0.370 e. The van der Waals surface area contributed by atoms with Crippen molar-refractivity contribution in [3.8, 4) is 0 Å². The van der Waals surface area contributed by atoms with E-state index >= 15 is 0 Å². The Morgan fingerprint density at radius 1 is 1.47 bits per heavy atom. The van der Waals surface area contributed by atoms with Gasteiger partial charge in [-0.25, -0.2) is 4.99 Å². The number of nitrogens with one attached hydrogen (secondary N) is 1. The number of guanidine groups is 1. The fourth-order valence-corrected chi connectivity index (χ4v) is 2.21. The molecule has 1 saturated carbocycles. The molecule has 1 aliphatic carbocycles. The van der Waals surface area contributed by atoms with Crippen LogP contribution in [0.3, 0.4) is 0 Å². The molecule has 0 saturated heterocycles. The first-order chi connectivity index (χ1) is 8.58. The van der Waals surface area contributed by atoms with Crippen LogP contribution < -0.4 is 11.1 Å². The third-order valence-corrected chi connectivity index (χ3v) is 3.86. The van der Waals surface area contributed by atoms with Gasteiger partial charge in [-0.3, -0.25) is 4.68 Å². The topological polar surface area (TPSA) is 68.2 Å². The zero-order valence-corrected chi connectivity index (χ0v) is 14.3. The smallest absolute Gasteiger partial charge is 0.188 e. The van der Waals surface area contributed by atoms with E-state index in [-0.39, 0.29) is 24.0 Å². The van der Waals surface area contributed by atoms with Crippen LogP contribution in [0.2, 0.25) is 0 Å². The van der Waals surface area contributed by atoms with Crippen LogP contribution in [0, 0.1) is 19.8 Å². The molecule has 0 amide bonds. The number of hydrogen-bond donors (Lipinski definition) is 2. The van der Waals surface area contributed by atoms with Crippen LogP contribution in [-0.2, 0) is 13.6 Å². The minimum absolute atomic E-state index is 0. The predicted octanol–water partition coefficient (Wildman–Crippen LogP) is 1.86. The van der Waals surface area contributed by atoms with Gasteiger partial charge >= 0.3 is 0 Å². The highest BCUT2D eigenvalue weighted by atomic mass is 127. The van der Waals surface area contributed by atoms with Crippen molar-refractivity contribution in [1.82, 2.24) is 15.1 Å². The Morgan fingerprint density at radius 2 is 2.16 bits per heavy atom. The summed E-state index contributed by atoms with van der Waals surface area (Å²) in [5, 5.41) is 7.57. The van der Waals surface area contributed by atoms with Crippen LogP contribution in [0.1, 0.15) is 36.2 Å². The molecule has 19 heavy (non-hydrogen) atoms. The van der Waals surface area contributed by atoms with E-state index in [4.69, 9.17) is 5.73 Å². The minimum atomic E-state index is 0. The Hall–Kier alpha value is -0.790. The maximum absolute atomic E-state index is 5.87. The molecule has 108 valence electrons. The van der Waals surface area contributed by atoms with Crippen molar-refractivity contribution in [3.05, 3.63) is 17.0 Å². The maximum atomic E-state index is 5.87. The molecule has 0 radical (unpaired) electrons. The van der Waals surface area contributed by atoms with Crippen LogP contribution >= 0.6 is 24.0 Å².